The van der Waals surface area contributed by atoms with Crippen LogP contribution in [0.4, 0.5) is 0 Å². The molecule has 1 saturated heterocycles. The zero-order valence-electron chi connectivity index (χ0n) is 10.7. The van der Waals surface area contributed by atoms with E-state index in [-0.39, 0.29) is 6.29 Å². The van der Waals surface area contributed by atoms with Gasteiger partial charge in [0.2, 0.25) is 0 Å². The molecule has 0 aromatic heterocycles. The molecule has 1 aliphatic rings. The van der Waals surface area contributed by atoms with E-state index in [0.717, 1.165) is 0 Å². The van der Waals surface area contributed by atoms with Crippen LogP contribution in [0.3, 0.4) is 0 Å². The third kappa shape index (κ3) is 4.12. The predicted molar refractivity (Wildman–Crippen MR) is 62.8 cm³/mol. The average molecular weight is 214 g/mol. The number of unbranched alkanes of at least 4 members (excludes halogenated alkanes) is 3. The molecule has 0 aromatic rings. The average Bonchev–Trinajstić information content (AvgIpc) is 2.19. The van der Waals surface area contributed by atoms with Crippen LogP contribution in [0, 0.1) is 5.92 Å². The lowest BCUT2D eigenvalue weighted by Gasteiger charge is -2.38. The van der Waals surface area contributed by atoms with Gasteiger partial charge in [0, 0.05) is 5.92 Å². The first-order valence-corrected chi connectivity index (χ1v) is 6.46. The molecule has 0 saturated carbocycles. The highest BCUT2D eigenvalue weighted by molar-refractivity contribution is 4.76. The first kappa shape index (κ1) is 13.0. The first-order chi connectivity index (χ1) is 7.15. The highest BCUT2D eigenvalue weighted by atomic mass is 16.7. The van der Waals surface area contributed by atoms with E-state index in [2.05, 4.69) is 20.8 Å². The lowest BCUT2D eigenvalue weighted by molar-refractivity contribution is -0.254. The molecule has 0 aromatic carbocycles. The molecule has 0 aliphatic carbocycles. The van der Waals surface area contributed by atoms with Gasteiger partial charge >= 0.3 is 0 Å². The fourth-order valence-corrected chi connectivity index (χ4v) is 2.23. The second kappa shape index (κ2) is 6.49. The predicted octanol–water partition coefficient (Wildman–Crippen LogP) is 3.74. The van der Waals surface area contributed by atoms with E-state index in [9.17, 15) is 0 Å². The summed E-state index contributed by atoms with van der Waals surface area (Å²) in [5.74, 6) is 0.530. The number of hydrogen-bond donors (Lipinski definition) is 0. The Balaban J connectivity index is 2.26. The summed E-state index contributed by atoms with van der Waals surface area (Å²) in [5, 5.41) is 0. The number of rotatable bonds is 5. The van der Waals surface area contributed by atoms with Crippen molar-refractivity contribution in [3.05, 3.63) is 0 Å². The van der Waals surface area contributed by atoms with Crippen LogP contribution in [-0.4, -0.2) is 18.5 Å². The van der Waals surface area contributed by atoms with Crippen molar-refractivity contribution >= 4 is 0 Å². The number of hydrogen-bond acceptors (Lipinski definition) is 2. The van der Waals surface area contributed by atoms with Crippen LogP contribution >= 0.6 is 0 Å². The highest BCUT2D eigenvalue weighted by Gasteiger charge is 2.31. The summed E-state index contributed by atoms with van der Waals surface area (Å²) in [6.45, 7) is 8.64. The van der Waals surface area contributed by atoms with E-state index < -0.39 is 0 Å². The second-order valence-corrected chi connectivity index (χ2v) is 4.79. The molecule has 2 nitrogen and oxygen atoms in total. The fraction of sp³-hybridized carbons (Fsp3) is 1.00. The van der Waals surface area contributed by atoms with Crippen LogP contribution in [0.2, 0.25) is 0 Å². The van der Waals surface area contributed by atoms with E-state index in [1.165, 1.54) is 32.1 Å². The van der Waals surface area contributed by atoms with Crippen molar-refractivity contribution in [2.45, 2.75) is 78.3 Å². The Kier molecular flexibility index (Phi) is 5.62. The van der Waals surface area contributed by atoms with E-state index in [0.29, 0.717) is 18.1 Å². The second-order valence-electron chi connectivity index (χ2n) is 4.79. The van der Waals surface area contributed by atoms with Crippen LogP contribution < -0.4 is 0 Å². The smallest absolute Gasteiger partial charge is 0.155 e. The van der Waals surface area contributed by atoms with Crippen LogP contribution in [-0.2, 0) is 9.47 Å². The third-order valence-electron chi connectivity index (χ3n) is 3.44. The SMILES string of the molecule is CCCCCC[C@@H]1O[C@H](C)O[C@H](C)[C@H]1C. The van der Waals surface area contributed by atoms with Crippen molar-refractivity contribution in [2.24, 2.45) is 5.92 Å². The van der Waals surface area contributed by atoms with Gasteiger partial charge in [-0.15, -0.1) is 0 Å². The quantitative estimate of drug-likeness (QED) is 0.649. The molecule has 1 aliphatic heterocycles. The molecule has 0 bridgehead atoms. The molecular weight excluding hydrogens is 188 g/mol. The molecule has 1 rings (SSSR count). The topological polar surface area (TPSA) is 18.5 Å². The molecule has 0 N–H and O–H groups in total. The monoisotopic (exact) mass is 214 g/mol. The third-order valence-corrected chi connectivity index (χ3v) is 3.44. The summed E-state index contributed by atoms with van der Waals surface area (Å²) in [4.78, 5) is 0. The molecule has 1 fully saturated rings. The van der Waals surface area contributed by atoms with Crippen molar-refractivity contribution in [3.63, 3.8) is 0 Å². The molecule has 0 spiro atoms. The van der Waals surface area contributed by atoms with Gasteiger partial charge < -0.3 is 9.47 Å². The Morgan fingerprint density at radius 1 is 0.933 bits per heavy atom. The molecule has 0 unspecified atom stereocenters. The summed E-state index contributed by atoms with van der Waals surface area (Å²) in [7, 11) is 0. The lowest BCUT2D eigenvalue weighted by atomic mass is 9.93. The largest absolute Gasteiger partial charge is 0.350 e. The van der Waals surface area contributed by atoms with Crippen LogP contribution in [0.25, 0.3) is 0 Å². The molecule has 0 amide bonds. The Labute approximate surface area is 94.3 Å². The normalized spacial score (nSPS) is 36.8. The van der Waals surface area contributed by atoms with Crippen LogP contribution in [0.15, 0.2) is 0 Å². The Hall–Kier alpha value is -0.0800. The molecule has 90 valence electrons. The van der Waals surface area contributed by atoms with Gasteiger partial charge in [0.1, 0.15) is 0 Å². The van der Waals surface area contributed by atoms with Gasteiger partial charge in [-0.2, -0.15) is 0 Å². The van der Waals surface area contributed by atoms with E-state index in [1.54, 1.807) is 0 Å². The van der Waals surface area contributed by atoms with Gasteiger partial charge in [0.05, 0.1) is 12.2 Å². The van der Waals surface area contributed by atoms with Crippen LogP contribution in [0.5, 0.6) is 0 Å². The summed E-state index contributed by atoms with van der Waals surface area (Å²) >= 11 is 0. The van der Waals surface area contributed by atoms with E-state index in [4.69, 9.17) is 9.47 Å². The molecule has 1 heterocycles. The Bertz CT molecular complexity index is 170. The minimum Gasteiger partial charge on any atom is -0.350 e. The lowest BCUT2D eigenvalue weighted by Crippen LogP contribution is -2.42. The molecule has 15 heavy (non-hydrogen) atoms. The van der Waals surface area contributed by atoms with Gasteiger partial charge in [-0.1, -0.05) is 39.5 Å². The summed E-state index contributed by atoms with van der Waals surface area (Å²) in [6.07, 6.45) is 7.20. The minimum atomic E-state index is -0.0209. The Morgan fingerprint density at radius 2 is 1.67 bits per heavy atom. The first-order valence-electron chi connectivity index (χ1n) is 6.46. The molecule has 0 radical (unpaired) electrons. The molecular formula is C13H26O2. The van der Waals surface area contributed by atoms with Gasteiger partial charge in [-0.05, 0) is 20.3 Å². The zero-order chi connectivity index (χ0) is 11.3. The van der Waals surface area contributed by atoms with E-state index in [1.807, 2.05) is 6.92 Å². The fourth-order valence-electron chi connectivity index (χ4n) is 2.23. The van der Waals surface area contributed by atoms with Crippen molar-refractivity contribution < 1.29 is 9.47 Å². The maximum Gasteiger partial charge on any atom is 0.155 e. The maximum absolute atomic E-state index is 5.83. The highest BCUT2D eigenvalue weighted by Crippen LogP contribution is 2.27. The van der Waals surface area contributed by atoms with Gasteiger partial charge in [0.25, 0.3) is 0 Å². The molecule has 4 atom stereocenters. The van der Waals surface area contributed by atoms with Crippen molar-refractivity contribution in [1.29, 1.82) is 0 Å². The van der Waals surface area contributed by atoms with Gasteiger partial charge in [-0.3, -0.25) is 0 Å². The Morgan fingerprint density at radius 3 is 2.33 bits per heavy atom. The summed E-state index contributed by atoms with van der Waals surface area (Å²) in [6, 6.07) is 0. The van der Waals surface area contributed by atoms with Crippen molar-refractivity contribution in [2.75, 3.05) is 0 Å². The summed E-state index contributed by atoms with van der Waals surface area (Å²) < 4.78 is 11.5. The van der Waals surface area contributed by atoms with Crippen molar-refractivity contribution in [3.8, 4) is 0 Å². The van der Waals surface area contributed by atoms with Gasteiger partial charge in [-0.25, -0.2) is 0 Å². The summed E-state index contributed by atoms with van der Waals surface area (Å²) in [5.41, 5.74) is 0. The minimum absolute atomic E-state index is 0.0209. The van der Waals surface area contributed by atoms with Crippen molar-refractivity contribution in [1.82, 2.24) is 0 Å². The number of ether oxygens (including phenoxy) is 2. The van der Waals surface area contributed by atoms with E-state index >= 15 is 0 Å². The van der Waals surface area contributed by atoms with Gasteiger partial charge in [0.15, 0.2) is 6.29 Å². The maximum atomic E-state index is 5.83. The molecule has 2 heteroatoms. The standard InChI is InChI=1S/C13H26O2/c1-5-6-7-8-9-13-10(2)11(3)14-12(4)15-13/h10-13H,5-9H2,1-4H3/t10-,11-,12-,13+/m1/s1. The zero-order valence-corrected chi connectivity index (χ0v) is 10.7. The van der Waals surface area contributed by atoms with Crippen LogP contribution in [0.1, 0.15) is 59.8 Å².